The first-order chi connectivity index (χ1) is 11.3. The van der Waals surface area contributed by atoms with Gasteiger partial charge in [0.05, 0.1) is 6.54 Å². The molecule has 6 heteroatoms. The van der Waals surface area contributed by atoms with E-state index in [-0.39, 0.29) is 0 Å². The van der Waals surface area contributed by atoms with Crippen molar-refractivity contribution in [3.63, 3.8) is 0 Å². The quantitative estimate of drug-likeness (QED) is 0.663. The Bertz CT molecular complexity index is 692. The molecule has 3 atom stereocenters. The van der Waals surface area contributed by atoms with Gasteiger partial charge < -0.3 is 10.6 Å². The maximum Gasteiger partial charge on any atom is 0.191 e. The van der Waals surface area contributed by atoms with Gasteiger partial charge >= 0.3 is 0 Å². The summed E-state index contributed by atoms with van der Waals surface area (Å²) in [7, 11) is 1.83. The average Bonchev–Trinajstić information content (AvgIpc) is 3.20. The third-order valence-corrected chi connectivity index (χ3v) is 4.71. The van der Waals surface area contributed by atoms with Crippen molar-refractivity contribution in [1.29, 1.82) is 0 Å². The standard InChI is InChI=1S/C17H22N6/c1-18-17(21-13-7-8-16-19-11-20-23(16)10-13)22-15-9-14(15)12-5-3-2-4-6-12/h2-6,11,13-15H,7-10H2,1H3,(H2,18,21,22). The lowest BCUT2D eigenvalue weighted by Crippen LogP contribution is -2.47. The van der Waals surface area contributed by atoms with Gasteiger partial charge in [0, 0.05) is 31.5 Å². The Balaban J connectivity index is 1.33. The highest BCUT2D eigenvalue weighted by atomic mass is 15.4. The van der Waals surface area contributed by atoms with Crippen LogP contribution in [0.15, 0.2) is 41.7 Å². The molecule has 2 aliphatic rings. The van der Waals surface area contributed by atoms with Crippen LogP contribution in [-0.4, -0.2) is 39.9 Å². The third-order valence-electron chi connectivity index (χ3n) is 4.71. The molecule has 1 fully saturated rings. The van der Waals surface area contributed by atoms with Crippen molar-refractivity contribution >= 4 is 5.96 Å². The van der Waals surface area contributed by atoms with Crippen molar-refractivity contribution in [3.8, 4) is 0 Å². The van der Waals surface area contributed by atoms with Gasteiger partial charge in [0.25, 0.3) is 0 Å². The summed E-state index contributed by atoms with van der Waals surface area (Å²) in [5.41, 5.74) is 1.41. The second-order valence-electron chi connectivity index (χ2n) is 6.31. The van der Waals surface area contributed by atoms with E-state index >= 15 is 0 Å². The number of benzene rings is 1. The molecule has 0 spiro atoms. The number of aliphatic imine (C=N–C) groups is 1. The number of rotatable bonds is 3. The van der Waals surface area contributed by atoms with Gasteiger partial charge in [0.15, 0.2) is 5.96 Å². The van der Waals surface area contributed by atoms with E-state index in [1.165, 1.54) is 12.0 Å². The first-order valence-electron chi connectivity index (χ1n) is 8.25. The maximum absolute atomic E-state index is 4.38. The van der Waals surface area contributed by atoms with Crippen molar-refractivity contribution in [1.82, 2.24) is 25.4 Å². The van der Waals surface area contributed by atoms with E-state index in [4.69, 9.17) is 0 Å². The highest BCUT2D eigenvalue weighted by Gasteiger charge is 2.39. The average molecular weight is 310 g/mol. The summed E-state index contributed by atoms with van der Waals surface area (Å²) in [6.07, 6.45) is 4.83. The molecule has 1 aliphatic carbocycles. The summed E-state index contributed by atoms with van der Waals surface area (Å²) >= 11 is 0. The van der Waals surface area contributed by atoms with E-state index in [0.717, 1.165) is 31.2 Å². The Morgan fingerprint density at radius 1 is 1.26 bits per heavy atom. The van der Waals surface area contributed by atoms with Crippen molar-refractivity contribution in [3.05, 3.63) is 48.0 Å². The number of nitrogens with one attached hydrogen (secondary N) is 2. The lowest BCUT2D eigenvalue weighted by molar-refractivity contribution is 0.392. The van der Waals surface area contributed by atoms with Crippen LogP contribution in [0.5, 0.6) is 0 Å². The van der Waals surface area contributed by atoms with Crippen LogP contribution in [0, 0.1) is 0 Å². The lowest BCUT2D eigenvalue weighted by atomic mass is 10.1. The van der Waals surface area contributed by atoms with Crippen molar-refractivity contribution < 1.29 is 0 Å². The molecule has 1 aliphatic heterocycles. The number of hydrogen-bond acceptors (Lipinski definition) is 3. The SMILES string of the molecule is CN=C(NC1CCc2ncnn2C1)NC1CC1c1ccccc1. The minimum atomic E-state index is 0.351. The fourth-order valence-corrected chi connectivity index (χ4v) is 3.32. The second kappa shape index (κ2) is 6.02. The van der Waals surface area contributed by atoms with E-state index < -0.39 is 0 Å². The van der Waals surface area contributed by atoms with Crippen LogP contribution in [0.2, 0.25) is 0 Å². The number of aryl methyl sites for hydroxylation is 1. The Morgan fingerprint density at radius 2 is 2.13 bits per heavy atom. The molecular weight excluding hydrogens is 288 g/mol. The van der Waals surface area contributed by atoms with Crippen LogP contribution in [0.1, 0.15) is 30.1 Å². The number of nitrogens with zero attached hydrogens (tertiary/aromatic N) is 4. The first-order valence-corrected chi connectivity index (χ1v) is 8.25. The number of fused-ring (bicyclic) bond motifs is 1. The minimum absolute atomic E-state index is 0.351. The fourth-order valence-electron chi connectivity index (χ4n) is 3.32. The Labute approximate surface area is 136 Å². The molecule has 1 saturated carbocycles. The van der Waals surface area contributed by atoms with E-state index in [9.17, 15) is 0 Å². The molecule has 2 N–H and O–H groups in total. The summed E-state index contributed by atoms with van der Waals surface area (Å²) in [6.45, 7) is 0.850. The zero-order chi connectivity index (χ0) is 15.6. The van der Waals surface area contributed by atoms with Gasteiger partial charge in [-0.2, -0.15) is 5.10 Å². The summed E-state index contributed by atoms with van der Waals surface area (Å²) in [6, 6.07) is 11.5. The van der Waals surface area contributed by atoms with E-state index in [2.05, 4.69) is 56.0 Å². The molecule has 0 saturated heterocycles. The Kier molecular flexibility index (Phi) is 3.73. The van der Waals surface area contributed by atoms with Crippen LogP contribution >= 0.6 is 0 Å². The molecule has 120 valence electrons. The fraction of sp³-hybridized carbons (Fsp3) is 0.471. The first kappa shape index (κ1) is 14.2. The Hall–Kier alpha value is -2.37. The van der Waals surface area contributed by atoms with Crippen LogP contribution in [0.4, 0.5) is 0 Å². The lowest BCUT2D eigenvalue weighted by Gasteiger charge is -2.25. The van der Waals surface area contributed by atoms with Crippen LogP contribution in [0.25, 0.3) is 0 Å². The number of guanidine groups is 1. The van der Waals surface area contributed by atoms with E-state index in [1.807, 2.05) is 11.7 Å². The topological polar surface area (TPSA) is 67.1 Å². The molecule has 2 heterocycles. The summed E-state index contributed by atoms with van der Waals surface area (Å²) in [5.74, 6) is 2.57. The molecule has 23 heavy (non-hydrogen) atoms. The van der Waals surface area contributed by atoms with Gasteiger partial charge in [0.2, 0.25) is 0 Å². The molecule has 1 aromatic heterocycles. The van der Waals surface area contributed by atoms with Gasteiger partial charge in [-0.1, -0.05) is 30.3 Å². The van der Waals surface area contributed by atoms with Crippen molar-refractivity contribution in [2.45, 2.75) is 43.8 Å². The smallest absolute Gasteiger partial charge is 0.191 e. The molecule has 0 amide bonds. The van der Waals surface area contributed by atoms with Crippen LogP contribution in [-0.2, 0) is 13.0 Å². The number of hydrogen-bond donors (Lipinski definition) is 2. The van der Waals surface area contributed by atoms with Crippen LogP contribution in [0.3, 0.4) is 0 Å². The summed E-state index contributed by atoms with van der Waals surface area (Å²) in [4.78, 5) is 8.65. The molecule has 3 unspecified atom stereocenters. The highest BCUT2D eigenvalue weighted by Crippen LogP contribution is 2.40. The zero-order valence-corrected chi connectivity index (χ0v) is 13.3. The van der Waals surface area contributed by atoms with Crippen molar-refractivity contribution in [2.75, 3.05) is 7.05 Å². The molecule has 6 nitrogen and oxygen atoms in total. The second-order valence-corrected chi connectivity index (χ2v) is 6.31. The summed E-state index contributed by atoms with van der Waals surface area (Å²) < 4.78 is 1.98. The monoisotopic (exact) mass is 310 g/mol. The number of aromatic nitrogens is 3. The van der Waals surface area contributed by atoms with Gasteiger partial charge in [-0.05, 0) is 18.4 Å². The molecular formula is C17H22N6. The Morgan fingerprint density at radius 3 is 2.96 bits per heavy atom. The largest absolute Gasteiger partial charge is 0.353 e. The highest BCUT2D eigenvalue weighted by molar-refractivity contribution is 5.80. The molecule has 0 radical (unpaired) electrons. The van der Waals surface area contributed by atoms with E-state index in [1.54, 1.807) is 6.33 Å². The molecule has 1 aromatic carbocycles. The zero-order valence-electron chi connectivity index (χ0n) is 13.3. The van der Waals surface area contributed by atoms with Gasteiger partial charge in [-0.15, -0.1) is 0 Å². The third kappa shape index (κ3) is 3.06. The van der Waals surface area contributed by atoms with Crippen LogP contribution < -0.4 is 10.6 Å². The minimum Gasteiger partial charge on any atom is -0.353 e. The summed E-state index contributed by atoms with van der Waals surface area (Å²) in [5, 5.41) is 11.3. The molecule has 4 rings (SSSR count). The maximum atomic E-state index is 4.38. The molecule has 2 aromatic rings. The van der Waals surface area contributed by atoms with Crippen molar-refractivity contribution in [2.24, 2.45) is 4.99 Å². The normalized spacial score (nSPS) is 26.5. The van der Waals surface area contributed by atoms with Gasteiger partial charge in [-0.3, -0.25) is 4.99 Å². The van der Waals surface area contributed by atoms with Gasteiger partial charge in [-0.25, -0.2) is 9.67 Å². The predicted molar refractivity (Wildman–Crippen MR) is 89.3 cm³/mol. The predicted octanol–water partition coefficient (Wildman–Crippen LogP) is 1.31. The van der Waals surface area contributed by atoms with Gasteiger partial charge in [0.1, 0.15) is 12.2 Å². The van der Waals surface area contributed by atoms with E-state index in [0.29, 0.717) is 18.0 Å². The molecule has 0 bridgehead atoms.